The Hall–Kier alpha value is -2.15. The maximum absolute atomic E-state index is 12.6. The van der Waals surface area contributed by atoms with Crippen LogP contribution in [0.25, 0.3) is 10.8 Å². The first-order valence-electron chi connectivity index (χ1n) is 8.76. The van der Waals surface area contributed by atoms with E-state index in [1.807, 2.05) is 43.3 Å². The number of carbonyl (C=O) groups is 1. The van der Waals surface area contributed by atoms with Crippen LogP contribution in [-0.4, -0.2) is 55.8 Å². The maximum atomic E-state index is 12.6. The van der Waals surface area contributed by atoms with Crippen LogP contribution in [0.2, 0.25) is 0 Å². The topological polar surface area (TPSA) is 74.2 Å². The van der Waals surface area contributed by atoms with E-state index in [0.717, 1.165) is 22.1 Å². The Morgan fingerprint density at radius 1 is 1.12 bits per heavy atom. The second-order valence-corrected chi connectivity index (χ2v) is 6.83. The predicted molar refractivity (Wildman–Crippen MR) is 94.3 cm³/mol. The minimum absolute atomic E-state index is 0.215. The SMILES string of the molecule is COc1ccc2cc(C(C)C(=O)O[C@@H]3CO[C@H]4[C@@H]3OC[C@@H]4O)ccc2c1. The Morgan fingerprint density at radius 3 is 2.65 bits per heavy atom. The van der Waals surface area contributed by atoms with E-state index in [2.05, 4.69) is 0 Å². The zero-order valence-electron chi connectivity index (χ0n) is 14.8. The fourth-order valence-electron chi connectivity index (χ4n) is 3.57. The summed E-state index contributed by atoms with van der Waals surface area (Å²) in [5.74, 6) is 0.0660. The quantitative estimate of drug-likeness (QED) is 0.843. The number of hydrogen-bond acceptors (Lipinski definition) is 6. The van der Waals surface area contributed by atoms with E-state index in [1.54, 1.807) is 7.11 Å². The van der Waals surface area contributed by atoms with E-state index in [1.165, 1.54) is 0 Å². The van der Waals surface area contributed by atoms with Crippen LogP contribution in [0.1, 0.15) is 18.4 Å². The molecule has 0 aliphatic carbocycles. The third kappa shape index (κ3) is 3.05. The summed E-state index contributed by atoms with van der Waals surface area (Å²) >= 11 is 0. The van der Waals surface area contributed by atoms with E-state index in [4.69, 9.17) is 18.9 Å². The lowest BCUT2D eigenvalue weighted by molar-refractivity contribution is -0.155. The first kappa shape index (κ1) is 17.3. The fraction of sp³-hybridized carbons (Fsp3) is 0.450. The van der Waals surface area contributed by atoms with Gasteiger partial charge in [0, 0.05) is 0 Å². The Labute approximate surface area is 151 Å². The van der Waals surface area contributed by atoms with E-state index in [-0.39, 0.29) is 25.3 Å². The van der Waals surface area contributed by atoms with E-state index in [9.17, 15) is 9.90 Å². The Balaban J connectivity index is 1.47. The molecule has 0 aromatic heterocycles. The molecule has 2 aromatic carbocycles. The highest BCUT2D eigenvalue weighted by atomic mass is 16.6. The molecule has 138 valence electrons. The van der Waals surface area contributed by atoms with Crippen LogP contribution >= 0.6 is 0 Å². The van der Waals surface area contributed by atoms with Gasteiger partial charge in [-0.3, -0.25) is 4.79 Å². The average Bonchev–Trinajstić information content (AvgIpc) is 3.23. The number of aliphatic hydroxyl groups is 1. The summed E-state index contributed by atoms with van der Waals surface area (Å²) in [6.45, 7) is 2.29. The molecule has 0 saturated carbocycles. The van der Waals surface area contributed by atoms with Crippen molar-refractivity contribution in [1.29, 1.82) is 0 Å². The largest absolute Gasteiger partial charge is 0.497 e. The normalized spacial score (nSPS) is 28.7. The summed E-state index contributed by atoms with van der Waals surface area (Å²) in [5, 5.41) is 11.9. The lowest BCUT2D eigenvalue weighted by Gasteiger charge is -2.19. The van der Waals surface area contributed by atoms with Crippen LogP contribution in [0.15, 0.2) is 36.4 Å². The minimum Gasteiger partial charge on any atom is -0.497 e. The third-order valence-electron chi connectivity index (χ3n) is 5.17. The summed E-state index contributed by atoms with van der Waals surface area (Å²) in [6, 6.07) is 11.7. The molecule has 6 nitrogen and oxygen atoms in total. The van der Waals surface area contributed by atoms with Crippen molar-refractivity contribution in [1.82, 2.24) is 0 Å². The van der Waals surface area contributed by atoms with Crippen LogP contribution in [-0.2, 0) is 19.0 Å². The average molecular weight is 358 g/mol. The van der Waals surface area contributed by atoms with Crippen molar-refractivity contribution in [3.8, 4) is 5.75 Å². The Morgan fingerprint density at radius 2 is 1.85 bits per heavy atom. The van der Waals surface area contributed by atoms with Gasteiger partial charge in [-0.25, -0.2) is 0 Å². The van der Waals surface area contributed by atoms with Gasteiger partial charge in [0.2, 0.25) is 0 Å². The summed E-state index contributed by atoms with van der Waals surface area (Å²) in [4.78, 5) is 12.6. The van der Waals surface area contributed by atoms with Crippen LogP contribution in [0, 0.1) is 0 Å². The van der Waals surface area contributed by atoms with E-state index in [0.29, 0.717) is 0 Å². The zero-order valence-corrected chi connectivity index (χ0v) is 14.8. The van der Waals surface area contributed by atoms with E-state index < -0.39 is 24.2 Å². The first-order chi connectivity index (χ1) is 12.6. The van der Waals surface area contributed by atoms with Gasteiger partial charge in [0.1, 0.15) is 24.1 Å². The van der Waals surface area contributed by atoms with Gasteiger partial charge in [-0.1, -0.05) is 24.3 Å². The standard InChI is InChI=1S/C20H22O6/c1-11(12-3-4-14-8-15(23-2)6-5-13(14)7-12)20(22)26-17-10-25-18-16(21)9-24-19(17)18/h3-8,11,16-19,21H,9-10H2,1-2H3/t11?,16-,17+,18+,19+/m0/s1. The number of esters is 1. The van der Waals surface area contributed by atoms with Gasteiger partial charge in [0.25, 0.3) is 0 Å². The van der Waals surface area contributed by atoms with Crippen molar-refractivity contribution in [2.45, 2.75) is 37.3 Å². The monoisotopic (exact) mass is 358 g/mol. The molecule has 4 rings (SSSR count). The van der Waals surface area contributed by atoms with Gasteiger partial charge in [0.05, 0.1) is 26.2 Å². The molecular formula is C20H22O6. The second-order valence-electron chi connectivity index (χ2n) is 6.83. The fourth-order valence-corrected chi connectivity index (χ4v) is 3.57. The zero-order chi connectivity index (χ0) is 18.3. The molecule has 0 radical (unpaired) electrons. The maximum Gasteiger partial charge on any atom is 0.313 e. The summed E-state index contributed by atoms with van der Waals surface area (Å²) in [5.41, 5.74) is 0.885. The number of fused-ring (bicyclic) bond motifs is 2. The molecule has 2 heterocycles. The minimum atomic E-state index is -0.654. The molecule has 26 heavy (non-hydrogen) atoms. The number of aliphatic hydroxyl groups excluding tert-OH is 1. The number of benzene rings is 2. The molecule has 6 heteroatoms. The Bertz CT molecular complexity index is 819. The van der Waals surface area contributed by atoms with Crippen molar-refractivity contribution in [2.75, 3.05) is 20.3 Å². The molecule has 0 spiro atoms. The summed E-state index contributed by atoms with van der Waals surface area (Å²) in [7, 11) is 1.64. The predicted octanol–water partition coefficient (Wildman–Crippen LogP) is 2.02. The molecule has 0 amide bonds. The third-order valence-corrected chi connectivity index (χ3v) is 5.17. The lowest BCUT2D eigenvalue weighted by Crippen LogP contribution is -2.35. The molecule has 2 saturated heterocycles. The van der Waals surface area contributed by atoms with Gasteiger partial charge in [-0.2, -0.15) is 0 Å². The number of carbonyl (C=O) groups excluding carboxylic acids is 1. The van der Waals surface area contributed by atoms with Gasteiger partial charge < -0.3 is 24.1 Å². The van der Waals surface area contributed by atoms with Crippen LogP contribution < -0.4 is 4.74 Å². The van der Waals surface area contributed by atoms with Gasteiger partial charge in [0.15, 0.2) is 6.10 Å². The highest BCUT2D eigenvalue weighted by molar-refractivity contribution is 5.86. The number of ether oxygens (including phenoxy) is 4. The van der Waals surface area contributed by atoms with Crippen molar-refractivity contribution in [2.24, 2.45) is 0 Å². The molecule has 2 fully saturated rings. The molecule has 1 unspecified atom stereocenters. The molecule has 1 N–H and O–H groups in total. The smallest absolute Gasteiger partial charge is 0.313 e. The highest BCUT2D eigenvalue weighted by Crippen LogP contribution is 2.31. The van der Waals surface area contributed by atoms with Crippen molar-refractivity contribution < 1.29 is 28.8 Å². The molecular weight excluding hydrogens is 336 g/mol. The van der Waals surface area contributed by atoms with Gasteiger partial charge >= 0.3 is 5.97 Å². The van der Waals surface area contributed by atoms with E-state index >= 15 is 0 Å². The van der Waals surface area contributed by atoms with Crippen molar-refractivity contribution in [3.63, 3.8) is 0 Å². The second kappa shape index (κ2) is 6.87. The summed E-state index contributed by atoms with van der Waals surface area (Å²) < 4.78 is 21.9. The molecule has 2 aromatic rings. The highest BCUT2D eigenvalue weighted by Gasteiger charge is 2.49. The van der Waals surface area contributed by atoms with Gasteiger partial charge in [-0.05, 0) is 35.4 Å². The number of rotatable bonds is 4. The molecule has 2 aliphatic rings. The molecule has 5 atom stereocenters. The van der Waals surface area contributed by atoms with Crippen molar-refractivity contribution in [3.05, 3.63) is 42.0 Å². The lowest BCUT2D eigenvalue weighted by atomic mass is 9.97. The molecule has 2 aliphatic heterocycles. The van der Waals surface area contributed by atoms with Crippen LogP contribution in [0.4, 0.5) is 0 Å². The van der Waals surface area contributed by atoms with Crippen LogP contribution in [0.5, 0.6) is 5.75 Å². The first-order valence-corrected chi connectivity index (χ1v) is 8.76. The number of hydrogen-bond donors (Lipinski definition) is 1. The molecule has 0 bridgehead atoms. The Kier molecular flexibility index (Phi) is 4.56. The van der Waals surface area contributed by atoms with Crippen molar-refractivity contribution >= 4 is 16.7 Å². The van der Waals surface area contributed by atoms with Gasteiger partial charge in [-0.15, -0.1) is 0 Å². The summed E-state index contributed by atoms with van der Waals surface area (Å²) in [6.07, 6.45) is -1.92. The number of methoxy groups -OCH3 is 1. The van der Waals surface area contributed by atoms with Crippen LogP contribution in [0.3, 0.4) is 0 Å².